The van der Waals surface area contributed by atoms with E-state index in [0.29, 0.717) is 31.3 Å². The monoisotopic (exact) mass is 500 g/mol. The van der Waals surface area contributed by atoms with Gasteiger partial charge in [-0.05, 0) is 41.3 Å². The topological polar surface area (TPSA) is 124 Å². The number of hydrogen-bond donors (Lipinski definition) is 2. The molecule has 178 valence electrons. The first-order valence-electron chi connectivity index (χ1n) is 10.9. The van der Waals surface area contributed by atoms with Crippen LogP contribution in [0.15, 0.2) is 42.6 Å². The van der Waals surface area contributed by atoms with Crippen molar-refractivity contribution < 1.29 is 22.7 Å². The molecule has 0 bridgehead atoms. The van der Waals surface area contributed by atoms with Gasteiger partial charge in [0, 0.05) is 36.4 Å². The Balaban J connectivity index is 1.32. The molecule has 0 spiro atoms. The van der Waals surface area contributed by atoms with E-state index in [0.717, 1.165) is 45.2 Å². The number of nitrogens with two attached hydrogens (primary N) is 1. The van der Waals surface area contributed by atoms with E-state index in [1.165, 1.54) is 11.3 Å². The van der Waals surface area contributed by atoms with Gasteiger partial charge in [0.15, 0.2) is 16.5 Å². The number of ether oxygens (including phenoxy) is 2. The molecule has 0 aliphatic carbocycles. The summed E-state index contributed by atoms with van der Waals surface area (Å²) >= 11 is 1.30. The van der Waals surface area contributed by atoms with Gasteiger partial charge >= 0.3 is 0 Å². The number of nitrogens with one attached hydrogen (secondary N) is 1. The number of sulfonamides is 1. The Morgan fingerprint density at radius 2 is 2.00 bits per heavy atom. The van der Waals surface area contributed by atoms with Gasteiger partial charge in [-0.3, -0.25) is 4.79 Å². The maximum atomic E-state index is 13.2. The predicted molar refractivity (Wildman–Crippen MR) is 130 cm³/mol. The lowest BCUT2D eigenvalue weighted by Gasteiger charge is -2.20. The molecule has 0 saturated carbocycles. The molecule has 0 radical (unpaired) electrons. The molecule has 5 rings (SSSR count). The van der Waals surface area contributed by atoms with E-state index in [1.54, 1.807) is 11.1 Å². The molecular formula is C23H24N4O5S2. The lowest BCUT2D eigenvalue weighted by molar-refractivity contribution is 0.0989. The number of amides is 1. The van der Waals surface area contributed by atoms with E-state index >= 15 is 0 Å². The number of carbonyl (C=O) groups excluding carboxylic acids is 1. The summed E-state index contributed by atoms with van der Waals surface area (Å²) in [5.41, 5.74) is 4.11. The van der Waals surface area contributed by atoms with Crippen molar-refractivity contribution >= 4 is 33.0 Å². The zero-order valence-electron chi connectivity index (χ0n) is 18.3. The standard InChI is InChI=1S/C23H24N4O5S2/c24-34(29,30)11-7-25-13-16-14-26-22(33-16)23(28)27-8-6-18-17(2-1-3-19(18)27)15-4-5-20-21(12-15)32-10-9-31-20/h1-5,12,14,25H,6-11,13H2,(H2,24,29,30). The van der Waals surface area contributed by atoms with Crippen LogP contribution in [0.2, 0.25) is 0 Å². The van der Waals surface area contributed by atoms with Gasteiger partial charge in [0.1, 0.15) is 13.2 Å². The maximum absolute atomic E-state index is 13.2. The van der Waals surface area contributed by atoms with E-state index in [-0.39, 0.29) is 18.2 Å². The molecular weight excluding hydrogens is 476 g/mol. The van der Waals surface area contributed by atoms with E-state index in [1.807, 2.05) is 30.3 Å². The van der Waals surface area contributed by atoms with Gasteiger partial charge in [-0.1, -0.05) is 18.2 Å². The van der Waals surface area contributed by atoms with Gasteiger partial charge in [-0.2, -0.15) is 0 Å². The summed E-state index contributed by atoms with van der Waals surface area (Å²) in [5.74, 6) is 1.20. The van der Waals surface area contributed by atoms with Crippen LogP contribution in [0.1, 0.15) is 20.2 Å². The third kappa shape index (κ3) is 4.78. The van der Waals surface area contributed by atoms with Crippen molar-refractivity contribution in [2.24, 2.45) is 5.14 Å². The van der Waals surface area contributed by atoms with Crippen molar-refractivity contribution in [1.82, 2.24) is 10.3 Å². The Morgan fingerprint density at radius 3 is 2.82 bits per heavy atom. The minimum absolute atomic E-state index is 0.140. The minimum Gasteiger partial charge on any atom is -0.486 e. The van der Waals surface area contributed by atoms with E-state index < -0.39 is 10.0 Å². The summed E-state index contributed by atoms with van der Waals surface area (Å²) in [6.45, 7) is 2.32. The van der Waals surface area contributed by atoms with Crippen LogP contribution in [0.3, 0.4) is 0 Å². The van der Waals surface area contributed by atoms with Gasteiger partial charge in [0.25, 0.3) is 5.91 Å². The summed E-state index contributed by atoms with van der Waals surface area (Å²) < 4.78 is 33.4. The van der Waals surface area contributed by atoms with E-state index in [9.17, 15) is 13.2 Å². The number of rotatable bonds is 7. The first kappa shape index (κ1) is 22.8. The molecule has 3 heterocycles. The molecule has 2 aliphatic heterocycles. The van der Waals surface area contributed by atoms with Gasteiger partial charge in [0.05, 0.1) is 5.75 Å². The molecule has 3 aromatic rings. The first-order chi connectivity index (χ1) is 16.4. The lowest BCUT2D eigenvalue weighted by Crippen LogP contribution is -2.28. The number of benzene rings is 2. The normalized spacial score (nSPS) is 14.8. The molecule has 9 nitrogen and oxygen atoms in total. The van der Waals surface area contributed by atoms with Crippen LogP contribution >= 0.6 is 11.3 Å². The molecule has 34 heavy (non-hydrogen) atoms. The van der Waals surface area contributed by atoms with Crippen molar-refractivity contribution in [2.45, 2.75) is 13.0 Å². The van der Waals surface area contributed by atoms with Gasteiger partial charge < -0.3 is 19.7 Å². The number of nitrogens with zero attached hydrogens (tertiary/aromatic N) is 2. The summed E-state index contributed by atoms with van der Waals surface area (Å²) in [7, 11) is -3.50. The zero-order valence-corrected chi connectivity index (χ0v) is 20.0. The fourth-order valence-electron chi connectivity index (χ4n) is 4.16. The molecule has 11 heteroatoms. The summed E-state index contributed by atoms with van der Waals surface area (Å²) in [5, 5.41) is 8.42. The molecule has 0 fully saturated rings. The minimum atomic E-state index is -3.50. The van der Waals surface area contributed by atoms with Gasteiger partial charge in [-0.25, -0.2) is 18.5 Å². The lowest BCUT2D eigenvalue weighted by atomic mass is 9.97. The smallest absolute Gasteiger partial charge is 0.287 e. The Hall–Kier alpha value is -2.99. The van der Waals surface area contributed by atoms with Crippen LogP contribution in [-0.4, -0.2) is 51.4 Å². The van der Waals surface area contributed by atoms with E-state index in [2.05, 4.69) is 16.4 Å². The van der Waals surface area contributed by atoms with Crippen LogP contribution in [-0.2, 0) is 23.0 Å². The second-order valence-corrected chi connectivity index (χ2v) is 10.9. The highest BCUT2D eigenvalue weighted by Crippen LogP contribution is 2.40. The Kier molecular flexibility index (Phi) is 6.26. The molecule has 0 atom stereocenters. The fraction of sp³-hybridized carbons (Fsp3) is 0.304. The number of carbonyl (C=O) groups is 1. The quantitative estimate of drug-likeness (QED) is 0.477. The van der Waals surface area contributed by atoms with Crippen LogP contribution in [0.5, 0.6) is 11.5 Å². The maximum Gasteiger partial charge on any atom is 0.287 e. The number of anilines is 1. The Bertz CT molecular complexity index is 1340. The van der Waals surface area contributed by atoms with Crippen LogP contribution < -0.4 is 24.8 Å². The fourth-order valence-corrected chi connectivity index (χ4v) is 5.42. The van der Waals surface area contributed by atoms with Crippen LogP contribution in [0, 0.1) is 0 Å². The van der Waals surface area contributed by atoms with Crippen LogP contribution in [0.4, 0.5) is 5.69 Å². The molecule has 1 amide bonds. The SMILES string of the molecule is NS(=O)(=O)CCNCc1cnc(C(=O)N2CCc3c(-c4ccc5c(c4)OCCO5)cccc32)s1. The third-order valence-electron chi connectivity index (χ3n) is 5.72. The average Bonchev–Trinajstić information content (AvgIpc) is 3.48. The molecule has 3 N–H and O–H groups in total. The summed E-state index contributed by atoms with van der Waals surface area (Å²) in [6, 6.07) is 11.9. The van der Waals surface area contributed by atoms with Crippen molar-refractivity contribution in [1.29, 1.82) is 0 Å². The van der Waals surface area contributed by atoms with Crippen molar-refractivity contribution in [3.05, 3.63) is 58.0 Å². The van der Waals surface area contributed by atoms with Crippen molar-refractivity contribution in [3.63, 3.8) is 0 Å². The highest BCUT2D eigenvalue weighted by molar-refractivity contribution is 7.89. The molecule has 0 saturated heterocycles. The van der Waals surface area contributed by atoms with Gasteiger partial charge in [-0.15, -0.1) is 11.3 Å². The predicted octanol–water partition coefficient (Wildman–Crippen LogP) is 2.16. The van der Waals surface area contributed by atoms with E-state index in [4.69, 9.17) is 14.6 Å². The Morgan fingerprint density at radius 1 is 1.18 bits per heavy atom. The van der Waals surface area contributed by atoms with Crippen LogP contribution in [0.25, 0.3) is 11.1 Å². The van der Waals surface area contributed by atoms with Crippen molar-refractivity contribution in [2.75, 3.05) is 37.0 Å². The van der Waals surface area contributed by atoms with Gasteiger partial charge in [0.2, 0.25) is 10.0 Å². The zero-order chi connectivity index (χ0) is 23.7. The van der Waals surface area contributed by atoms with Crippen molar-refractivity contribution in [3.8, 4) is 22.6 Å². The number of thiazole rings is 1. The summed E-state index contributed by atoms with van der Waals surface area (Å²) in [4.78, 5) is 20.2. The summed E-state index contributed by atoms with van der Waals surface area (Å²) in [6.07, 6.45) is 2.39. The Labute approximate surface area is 201 Å². The first-order valence-corrected chi connectivity index (χ1v) is 13.4. The molecule has 0 unspecified atom stereocenters. The second-order valence-electron chi connectivity index (χ2n) is 8.04. The largest absolute Gasteiger partial charge is 0.486 e. The second kappa shape index (κ2) is 9.34. The number of hydrogen-bond acceptors (Lipinski definition) is 8. The highest BCUT2D eigenvalue weighted by Gasteiger charge is 2.29. The molecule has 1 aromatic heterocycles. The number of fused-ring (bicyclic) bond motifs is 2. The highest BCUT2D eigenvalue weighted by atomic mass is 32.2. The molecule has 2 aromatic carbocycles. The number of primary sulfonamides is 1. The average molecular weight is 501 g/mol. The third-order valence-corrected chi connectivity index (χ3v) is 7.48. The molecule has 2 aliphatic rings. The number of aromatic nitrogens is 1.